The molecular weight excluding hydrogens is 408 g/mol. The van der Waals surface area contributed by atoms with Crippen molar-refractivity contribution in [1.29, 1.82) is 0 Å². The second-order valence-electron chi connectivity index (χ2n) is 5.16. The Morgan fingerprint density at radius 1 is 0.727 bits per heavy atom. The Balaban J connectivity index is 0.00000121. The summed E-state index contributed by atoms with van der Waals surface area (Å²) >= 11 is 0. The molecule has 0 fully saturated rings. The number of benzene rings is 1. The summed E-state index contributed by atoms with van der Waals surface area (Å²) in [6.45, 7) is 5.98. The molecule has 2 heterocycles. The predicted molar refractivity (Wildman–Crippen MR) is 76.1 cm³/mol. The van der Waals surface area contributed by atoms with E-state index in [1.165, 1.54) is 22.8 Å². The lowest BCUT2D eigenvalue weighted by molar-refractivity contribution is -0.693. The average molecular weight is 428 g/mol. The number of aryl methyl sites for hydroxylation is 2. The van der Waals surface area contributed by atoms with E-state index in [1.807, 2.05) is 12.4 Å². The summed E-state index contributed by atoms with van der Waals surface area (Å²) in [6.07, 6.45) is 8.08. The number of rotatable bonds is 4. The van der Waals surface area contributed by atoms with Gasteiger partial charge >= 0.3 is 0 Å². The smallest absolute Gasteiger partial charge is 0.251 e. The molecule has 1 aromatic carbocycles. The Morgan fingerprint density at radius 2 is 1.09 bits per heavy atom. The number of aromatic amines is 2. The summed E-state index contributed by atoms with van der Waals surface area (Å²) in [4.78, 5) is 6.38. The first-order valence-corrected chi connectivity index (χ1v) is 6.87. The molecule has 2 aromatic heterocycles. The molecule has 0 aliphatic heterocycles. The minimum atomic E-state index is 0. The Labute approximate surface area is 151 Å². The van der Waals surface area contributed by atoms with E-state index in [0.29, 0.717) is 0 Å². The van der Waals surface area contributed by atoms with Crippen LogP contribution in [0.3, 0.4) is 0 Å². The van der Waals surface area contributed by atoms with E-state index < -0.39 is 0 Å². The molecule has 3 aromatic rings. The van der Waals surface area contributed by atoms with Gasteiger partial charge in [0.15, 0.2) is 0 Å². The Morgan fingerprint density at radius 3 is 1.36 bits per heavy atom. The fourth-order valence-corrected chi connectivity index (χ4v) is 2.37. The van der Waals surface area contributed by atoms with Crippen LogP contribution in [-0.2, 0) is 13.1 Å². The molecule has 2 N–H and O–H groups in total. The number of H-pyrrole nitrogens is 2. The molecule has 118 valence electrons. The van der Waals surface area contributed by atoms with Crippen molar-refractivity contribution in [3.63, 3.8) is 0 Å². The third-order valence-electron chi connectivity index (χ3n) is 3.68. The lowest BCUT2D eigenvalue weighted by Gasteiger charge is -2.03. The number of nitrogens with one attached hydrogen (secondary N) is 2. The highest BCUT2D eigenvalue weighted by molar-refractivity contribution is 5.21. The Kier molecular flexibility index (Phi) is 7.03. The summed E-state index contributed by atoms with van der Waals surface area (Å²) in [5, 5.41) is 0. The lowest BCUT2D eigenvalue weighted by atomic mass is 10.1. The minimum Gasteiger partial charge on any atom is -1.00 e. The second kappa shape index (κ2) is 8.29. The van der Waals surface area contributed by atoms with Crippen molar-refractivity contribution in [2.24, 2.45) is 0 Å². The van der Waals surface area contributed by atoms with Crippen LogP contribution in [0.5, 0.6) is 0 Å². The lowest BCUT2D eigenvalue weighted by Crippen LogP contribution is -3.00. The molecule has 0 unspecified atom stereocenters. The molecular formula is C16H20Br2N4. The van der Waals surface area contributed by atoms with Gasteiger partial charge in [-0.15, -0.1) is 0 Å². The van der Waals surface area contributed by atoms with Crippen molar-refractivity contribution in [1.82, 2.24) is 9.97 Å². The average Bonchev–Trinajstić information content (AvgIpc) is 3.02. The zero-order valence-electron chi connectivity index (χ0n) is 12.7. The molecule has 0 amide bonds. The van der Waals surface area contributed by atoms with E-state index in [0.717, 1.165) is 13.1 Å². The number of nitrogens with zero attached hydrogens (tertiary/aromatic N) is 2. The molecule has 0 saturated heterocycles. The molecule has 0 saturated carbocycles. The van der Waals surface area contributed by atoms with Gasteiger partial charge in [-0.3, -0.25) is 0 Å². The van der Waals surface area contributed by atoms with E-state index in [4.69, 9.17) is 0 Å². The number of halogens is 2. The Bertz CT molecular complexity index is 640. The van der Waals surface area contributed by atoms with Gasteiger partial charge in [-0.2, -0.15) is 0 Å². The topological polar surface area (TPSA) is 39.3 Å². The van der Waals surface area contributed by atoms with Crippen LogP contribution in [0.15, 0.2) is 49.1 Å². The largest absolute Gasteiger partial charge is 1.00 e. The van der Waals surface area contributed by atoms with Gasteiger partial charge in [-0.1, -0.05) is 24.3 Å². The summed E-state index contributed by atoms with van der Waals surface area (Å²) in [5.74, 6) is 2.35. The maximum atomic E-state index is 3.19. The quantitative estimate of drug-likeness (QED) is 0.395. The van der Waals surface area contributed by atoms with Crippen LogP contribution in [0.25, 0.3) is 0 Å². The molecule has 0 aliphatic rings. The summed E-state index contributed by atoms with van der Waals surface area (Å²) in [6, 6.07) is 8.82. The van der Waals surface area contributed by atoms with Crippen LogP contribution in [0.1, 0.15) is 22.8 Å². The van der Waals surface area contributed by atoms with Gasteiger partial charge in [0, 0.05) is 13.8 Å². The van der Waals surface area contributed by atoms with Crippen LogP contribution < -0.4 is 43.1 Å². The number of imidazole rings is 2. The van der Waals surface area contributed by atoms with Crippen molar-refractivity contribution in [3.8, 4) is 0 Å². The standard InChI is InChI=1S/C16H18N4.2BrH/c1-13-17-7-9-19(13)11-15-3-5-16(6-4-15)12-20-10-8-18-14(20)2;;/h3-10H,11-12H2,1-2H3;2*1H. The first-order chi connectivity index (χ1) is 9.72. The van der Waals surface area contributed by atoms with Crippen LogP contribution in [0.4, 0.5) is 0 Å². The highest BCUT2D eigenvalue weighted by Crippen LogP contribution is 2.04. The molecule has 3 rings (SSSR count). The third-order valence-corrected chi connectivity index (χ3v) is 3.68. The minimum absolute atomic E-state index is 0. The van der Waals surface area contributed by atoms with Crippen LogP contribution >= 0.6 is 0 Å². The van der Waals surface area contributed by atoms with E-state index >= 15 is 0 Å². The molecule has 6 heteroatoms. The summed E-state index contributed by atoms with van der Waals surface area (Å²) < 4.78 is 4.42. The molecule has 0 radical (unpaired) electrons. The fraction of sp³-hybridized carbons (Fsp3) is 0.250. The van der Waals surface area contributed by atoms with Crippen LogP contribution in [-0.4, -0.2) is 9.97 Å². The van der Waals surface area contributed by atoms with Crippen molar-refractivity contribution in [2.45, 2.75) is 26.9 Å². The van der Waals surface area contributed by atoms with Crippen molar-refractivity contribution in [3.05, 3.63) is 71.8 Å². The van der Waals surface area contributed by atoms with E-state index in [2.05, 4.69) is 69.6 Å². The molecule has 0 bridgehead atoms. The zero-order valence-corrected chi connectivity index (χ0v) is 15.9. The molecule has 4 nitrogen and oxygen atoms in total. The van der Waals surface area contributed by atoms with Crippen molar-refractivity contribution < 1.29 is 43.1 Å². The maximum absolute atomic E-state index is 3.19. The molecule has 22 heavy (non-hydrogen) atoms. The highest BCUT2D eigenvalue weighted by Gasteiger charge is 2.07. The first kappa shape index (κ1) is 18.6. The van der Waals surface area contributed by atoms with Gasteiger partial charge in [0.25, 0.3) is 11.6 Å². The first-order valence-electron chi connectivity index (χ1n) is 6.87. The Hall–Kier alpha value is -1.40. The monoisotopic (exact) mass is 426 g/mol. The van der Waals surface area contributed by atoms with Gasteiger partial charge in [-0.05, 0) is 11.1 Å². The van der Waals surface area contributed by atoms with Crippen molar-refractivity contribution >= 4 is 0 Å². The van der Waals surface area contributed by atoms with Gasteiger partial charge in [0.05, 0.1) is 0 Å². The SMILES string of the molecule is Cc1[nH]cc[n+]1Cc1ccc(C[n+]2cc[nH]c2C)cc1.[Br-].[Br-]. The van der Waals surface area contributed by atoms with Gasteiger partial charge < -0.3 is 34.0 Å². The molecule has 0 aliphatic carbocycles. The van der Waals surface area contributed by atoms with Crippen LogP contribution in [0, 0.1) is 13.8 Å². The van der Waals surface area contributed by atoms with E-state index in [9.17, 15) is 0 Å². The van der Waals surface area contributed by atoms with Crippen LogP contribution in [0.2, 0.25) is 0 Å². The number of aromatic nitrogens is 4. The zero-order chi connectivity index (χ0) is 13.9. The predicted octanol–water partition coefficient (Wildman–Crippen LogP) is -4.36. The van der Waals surface area contributed by atoms with Gasteiger partial charge in [-0.25, -0.2) is 19.1 Å². The second-order valence-corrected chi connectivity index (χ2v) is 5.16. The third kappa shape index (κ3) is 4.30. The highest BCUT2D eigenvalue weighted by atomic mass is 79.9. The van der Waals surface area contributed by atoms with Gasteiger partial charge in [0.2, 0.25) is 0 Å². The summed E-state index contributed by atoms with van der Waals surface area (Å²) in [5.41, 5.74) is 2.63. The maximum Gasteiger partial charge on any atom is 0.251 e. The van der Waals surface area contributed by atoms with E-state index in [-0.39, 0.29) is 34.0 Å². The number of hydrogen-bond acceptors (Lipinski definition) is 0. The van der Waals surface area contributed by atoms with E-state index in [1.54, 1.807) is 0 Å². The van der Waals surface area contributed by atoms with Crippen molar-refractivity contribution in [2.75, 3.05) is 0 Å². The normalized spacial score (nSPS) is 9.91. The molecule has 0 spiro atoms. The molecule has 0 atom stereocenters. The number of hydrogen-bond donors (Lipinski definition) is 2. The van der Waals surface area contributed by atoms with Gasteiger partial charge in [0.1, 0.15) is 37.9 Å². The fourth-order valence-electron chi connectivity index (χ4n) is 2.37. The summed E-state index contributed by atoms with van der Waals surface area (Å²) in [7, 11) is 0.